The molecule has 3 aliphatic rings. The quantitative estimate of drug-likeness (QED) is 0.188. The molecule has 0 atom stereocenters. The summed E-state index contributed by atoms with van der Waals surface area (Å²) < 4.78 is 40.9. The average Bonchev–Trinajstić information content (AvgIpc) is 3.62. The summed E-state index contributed by atoms with van der Waals surface area (Å²) in [6.07, 6.45) is 3.67. The summed E-state index contributed by atoms with van der Waals surface area (Å²) in [5.74, 6) is 6.17. The summed E-state index contributed by atoms with van der Waals surface area (Å²) >= 11 is 0. The number of carbonyl (C=O) groups is 1. The second kappa shape index (κ2) is 21.6. The Hall–Kier alpha value is -3.41. The van der Waals surface area contributed by atoms with E-state index in [4.69, 9.17) is 14.9 Å². The van der Waals surface area contributed by atoms with Gasteiger partial charge < -0.3 is 19.9 Å². The zero-order valence-electron chi connectivity index (χ0n) is 34.0. The zero-order chi connectivity index (χ0) is 41.0. The molecule has 0 spiro atoms. The standard InChI is InChI=1S/C31H37N5O3S.C5H12BNO2S.C5H10OS/c1-22-9-11-23(12-10-22)36-29(21-28(34-36)31(2,3)4)33-30(37)32-26-13-14-27(25-8-6-5-7-24(25)26)39-18-15-35-16-19-40(38)20-17-35;1-6(8)7-2-4-10(9)5-3-7;6-7-4-2-1-3-5-7/h5-14,21H,15-20H2,1-4H3,(H2,32,33,37);8H,2-5H2,1H3;1-5H2. The minimum atomic E-state index is -0.684. The van der Waals surface area contributed by atoms with Gasteiger partial charge in [0, 0.05) is 122 Å². The number of aromatic nitrogens is 2. The first-order valence-corrected chi connectivity index (χ1v) is 24.3. The van der Waals surface area contributed by atoms with Crippen molar-refractivity contribution in [3.63, 3.8) is 0 Å². The van der Waals surface area contributed by atoms with Gasteiger partial charge in [-0.2, -0.15) is 5.10 Å². The van der Waals surface area contributed by atoms with Gasteiger partial charge in [0.1, 0.15) is 18.2 Å². The lowest BCUT2D eigenvalue weighted by Crippen LogP contribution is -2.45. The van der Waals surface area contributed by atoms with E-state index in [1.807, 2.05) is 78.5 Å². The van der Waals surface area contributed by atoms with Crippen LogP contribution in [0, 0.1) is 6.92 Å². The van der Waals surface area contributed by atoms with Crippen molar-refractivity contribution >= 4 is 67.8 Å². The molecule has 310 valence electrons. The van der Waals surface area contributed by atoms with Crippen LogP contribution in [-0.4, -0.2) is 124 Å². The van der Waals surface area contributed by atoms with Gasteiger partial charge in [-0.1, -0.05) is 69.2 Å². The molecule has 3 aliphatic heterocycles. The van der Waals surface area contributed by atoms with Crippen LogP contribution in [0.15, 0.2) is 66.7 Å². The van der Waals surface area contributed by atoms with Crippen LogP contribution in [0.25, 0.3) is 16.5 Å². The monoisotopic (exact) mass is 838 g/mol. The molecule has 16 heteroatoms. The van der Waals surface area contributed by atoms with Gasteiger partial charge >= 0.3 is 13.1 Å². The van der Waals surface area contributed by atoms with E-state index in [1.54, 1.807) is 11.5 Å². The first-order chi connectivity index (χ1) is 27.3. The van der Waals surface area contributed by atoms with Crippen LogP contribution in [0.5, 0.6) is 5.75 Å². The SMILES string of the molecule is CB(O)N1CCS(=O)CC1.Cc1ccc(-n2nc(C(C)(C)C)cc2NC(=O)Nc2ccc(OCCN3CCS(=O)CC3)c3ccccc23)cc1.O=S1CCCCC1. The highest BCUT2D eigenvalue weighted by atomic mass is 32.2. The van der Waals surface area contributed by atoms with E-state index >= 15 is 0 Å². The van der Waals surface area contributed by atoms with Gasteiger partial charge in [-0.25, -0.2) is 9.48 Å². The maximum Gasteiger partial charge on any atom is 0.376 e. The topological polar surface area (TPSA) is 146 Å². The number of amides is 2. The van der Waals surface area contributed by atoms with Crippen molar-refractivity contribution < 1.29 is 27.2 Å². The fourth-order valence-electron chi connectivity index (χ4n) is 6.51. The molecule has 3 saturated heterocycles. The predicted octanol–water partition coefficient (Wildman–Crippen LogP) is 5.80. The van der Waals surface area contributed by atoms with Gasteiger partial charge in [0.25, 0.3) is 0 Å². The summed E-state index contributed by atoms with van der Waals surface area (Å²) in [4.78, 5) is 17.5. The zero-order valence-corrected chi connectivity index (χ0v) is 36.5. The normalized spacial score (nSPS) is 17.5. The Morgan fingerprint density at radius 3 is 1.98 bits per heavy atom. The Kier molecular flexibility index (Phi) is 16.9. The number of nitrogens with one attached hydrogen (secondary N) is 2. The lowest BCUT2D eigenvalue weighted by Gasteiger charge is -2.26. The highest BCUT2D eigenvalue weighted by Gasteiger charge is 2.23. The molecule has 2 amide bonds. The summed E-state index contributed by atoms with van der Waals surface area (Å²) in [5, 5.41) is 21.8. The van der Waals surface area contributed by atoms with Crippen molar-refractivity contribution in [1.29, 1.82) is 0 Å². The van der Waals surface area contributed by atoms with Crippen LogP contribution in [0.1, 0.15) is 51.3 Å². The summed E-state index contributed by atoms with van der Waals surface area (Å²) in [6.45, 7) is 14.6. The van der Waals surface area contributed by atoms with E-state index in [0.717, 1.165) is 89.2 Å². The van der Waals surface area contributed by atoms with E-state index in [2.05, 4.69) is 36.3 Å². The lowest BCUT2D eigenvalue weighted by molar-refractivity contribution is 0.222. The largest absolute Gasteiger partial charge is 0.492 e. The second-order valence-electron chi connectivity index (χ2n) is 15.6. The minimum absolute atomic E-state index is 0.179. The minimum Gasteiger partial charge on any atom is -0.492 e. The lowest BCUT2D eigenvalue weighted by atomic mass is 9.85. The number of hydrogen-bond acceptors (Lipinski definition) is 9. The number of aryl methyl sites for hydroxylation is 1. The molecule has 3 aromatic carbocycles. The van der Waals surface area contributed by atoms with Gasteiger partial charge in [0.05, 0.1) is 17.1 Å². The van der Waals surface area contributed by atoms with Crippen LogP contribution < -0.4 is 15.4 Å². The van der Waals surface area contributed by atoms with E-state index in [1.165, 1.54) is 19.3 Å². The van der Waals surface area contributed by atoms with E-state index < -0.39 is 32.4 Å². The molecule has 4 aromatic rings. The van der Waals surface area contributed by atoms with Gasteiger partial charge in [-0.15, -0.1) is 0 Å². The molecule has 4 heterocycles. The molecule has 3 fully saturated rings. The Morgan fingerprint density at radius 1 is 0.807 bits per heavy atom. The molecular weight excluding hydrogens is 779 g/mol. The molecule has 0 saturated carbocycles. The van der Waals surface area contributed by atoms with Gasteiger partial charge in [-0.05, 0) is 50.9 Å². The number of hydrogen-bond donors (Lipinski definition) is 3. The van der Waals surface area contributed by atoms with Crippen molar-refractivity contribution in [3.8, 4) is 11.4 Å². The third kappa shape index (κ3) is 13.8. The van der Waals surface area contributed by atoms with E-state index in [-0.39, 0.29) is 18.5 Å². The highest BCUT2D eigenvalue weighted by Crippen LogP contribution is 2.32. The van der Waals surface area contributed by atoms with Gasteiger partial charge in [0.15, 0.2) is 0 Å². The molecule has 7 rings (SSSR count). The molecule has 12 nitrogen and oxygen atoms in total. The molecule has 0 radical (unpaired) electrons. The number of ether oxygens (including phenoxy) is 1. The average molecular weight is 839 g/mol. The summed E-state index contributed by atoms with van der Waals surface area (Å²) in [7, 11) is -2.13. The Balaban J connectivity index is 0.000000299. The maximum absolute atomic E-state index is 13.3. The molecule has 0 unspecified atom stereocenters. The van der Waals surface area contributed by atoms with Gasteiger partial charge in [-0.3, -0.25) is 22.8 Å². The molecule has 0 bridgehead atoms. The van der Waals surface area contributed by atoms with Crippen molar-refractivity contribution in [2.75, 3.05) is 84.5 Å². The summed E-state index contributed by atoms with van der Waals surface area (Å²) in [6, 6.07) is 21.3. The van der Waals surface area contributed by atoms with Crippen molar-refractivity contribution in [1.82, 2.24) is 19.5 Å². The predicted molar refractivity (Wildman–Crippen MR) is 238 cm³/mol. The highest BCUT2D eigenvalue weighted by molar-refractivity contribution is 7.85. The Labute approximate surface area is 346 Å². The van der Waals surface area contributed by atoms with Crippen molar-refractivity contribution in [3.05, 3.63) is 78.0 Å². The second-order valence-corrected chi connectivity index (χ2v) is 20.7. The first kappa shape index (κ1) is 44.7. The van der Waals surface area contributed by atoms with Crippen LogP contribution in [-0.2, 0) is 37.8 Å². The van der Waals surface area contributed by atoms with Crippen molar-refractivity contribution in [2.24, 2.45) is 0 Å². The molecular formula is C41H59BN6O6S3. The number of fused-ring (bicyclic) bond motifs is 1. The number of urea groups is 1. The van der Waals surface area contributed by atoms with E-state index in [0.29, 0.717) is 29.6 Å². The Bertz CT molecular complexity index is 1980. The first-order valence-electron chi connectivity index (χ1n) is 19.9. The Morgan fingerprint density at radius 2 is 1.40 bits per heavy atom. The number of anilines is 2. The molecule has 1 aromatic heterocycles. The maximum atomic E-state index is 13.3. The third-order valence-corrected chi connectivity index (χ3v) is 14.1. The fraction of sp³-hybridized carbons (Fsp3) is 0.512. The van der Waals surface area contributed by atoms with Crippen LogP contribution >= 0.6 is 0 Å². The number of rotatable bonds is 8. The summed E-state index contributed by atoms with van der Waals surface area (Å²) in [5.41, 5.74) is 3.43. The molecule has 0 aliphatic carbocycles. The fourth-order valence-corrected chi connectivity index (χ4v) is 9.97. The molecule has 3 N–H and O–H groups in total. The molecule has 57 heavy (non-hydrogen) atoms. The smallest absolute Gasteiger partial charge is 0.376 e. The van der Waals surface area contributed by atoms with E-state index in [9.17, 15) is 17.4 Å². The van der Waals surface area contributed by atoms with Crippen LogP contribution in [0.2, 0.25) is 6.82 Å². The van der Waals surface area contributed by atoms with Crippen LogP contribution in [0.4, 0.5) is 16.3 Å². The van der Waals surface area contributed by atoms with Gasteiger partial charge in [0.2, 0.25) is 0 Å². The third-order valence-electron chi connectivity index (χ3n) is 10.1. The van der Waals surface area contributed by atoms with Crippen LogP contribution in [0.3, 0.4) is 0 Å². The van der Waals surface area contributed by atoms with Crippen molar-refractivity contribution in [2.45, 2.75) is 59.2 Å². The number of carbonyl (C=O) groups excluding carboxylic acids is 1. The number of benzene rings is 3. The number of nitrogens with zero attached hydrogens (tertiary/aromatic N) is 4.